The number of fused-ring (bicyclic) bond motifs is 6. The third kappa shape index (κ3) is 7.45. The third-order valence-corrected chi connectivity index (χ3v) is 26.4. The number of pyridine rings is 1. The van der Waals surface area contributed by atoms with Gasteiger partial charge in [-0.05, 0) is 11.1 Å². The fourth-order valence-corrected chi connectivity index (χ4v) is 25.2. The summed E-state index contributed by atoms with van der Waals surface area (Å²) in [6.45, 7) is 6.76. The van der Waals surface area contributed by atoms with Crippen LogP contribution in [-0.2, 0) is 26.5 Å². The minimum atomic E-state index is -3.67. The van der Waals surface area contributed by atoms with Crippen LogP contribution in [0.4, 0.5) is 22.7 Å². The van der Waals surface area contributed by atoms with Gasteiger partial charge in [0, 0.05) is 32.2 Å². The number of hydrogen-bond acceptors (Lipinski definition) is 5. The van der Waals surface area contributed by atoms with Crippen LogP contribution in [0.25, 0.3) is 49.9 Å². The van der Waals surface area contributed by atoms with Crippen molar-refractivity contribution < 1.29 is 25.8 Å². The number of para-hydroxylation sites is 3. The average Bonchev–Trinajstić information content (AvgIpc) is 3.90. The van der Waals surface area contributed by atoms with Gasteiger partial charge in [0.05, 0.1) is 0 Å². The molecule has 1 spiro atoms. The van der Waals surface area contributed by atoms with Crippen LogP contribution in [0.15, 0.2) is 222 Å². The maximum absolute atomic E-state index is 7.06. The Morgan fingerprint density at radius 3 is 1.90 bits per heavy atom. The van der Waals surface area contributed by atoms with Gasteiger partial charge in [-0.1, -0.05) is 78.9 Å². The van der Waals surface area contributed by atoms with Crippen LogP contribution < -0.4 is 32.5 Å². The molecule has 0 radical (unpaired) electrons. The number of hydrogen-bond donors (Lipinski definition) is 1. The Kier molecular flexibility index (Phi) is 11.6. The van der Waals surface area contributed by atoms with Crippen molar-refractivity contribution in [2.24, 2.45) is 0 Å². The predicted octanol–water partition coefficient (Wildman–Crippen LogP) is 14.0. The van der Waals surface area contributed by atoms with Crippen LogP contribution in [-0.4, -0.2) is 22.8 Å². The third-order valence-electron chi connectivity index (χ3n) is 14.2. The van der Waals surface area contributed by atoms with Gasteiger partial charge < -0.3 is 0 Å². The Bertz CT molecular complexity index is 3780. The van der Waals surface area contributed by atoms with Crippen LogP contribution in [0.3, 0.4) is 0 Å². The summed E-state index contributed by atoms with van der Waals surface area (Å²) in [6, 6.07) is 81.1. The molecule has 0 atom stereocenters. The summed E-state index contributed by atoms with van der Waals surface area (Å²) < 4.78 is 15.1. The topological polar surface area (TPSA) is 42.3 Å². The van der Waals surface area contributed by atoms with Crippen LogP contribution in [0, 0.1) is 19.2 Å². The minimum absolute atomic E-state index is 0. The van der Waals surface area contributed by atoms with Gasteiger partial charge in [0.25, 0.3) is 0 Å². The van der Waals surface area contributed by atoms with Gasteiger partial charge in [0.1, 0.15) is 0 Å². The molecule has 11 aromatic rings. The Hall–Kier alpha value is -7.09. The number of benzene rings is 9. The van der Waals surface area contributed by atoms with E-state index in [1.54, 1.807) is 0 Å². The van der Waals surface area contributed by atoms with E-state index < -0.39 is 13.3 Å². The molecule has 8 heteroatoms. The van der Waals surface area contributed by atoms with Crippen molar-refractivity contribution in [1.82, 2.24) is 9.55 Å². The zero-order valence-corrected chi connectivity index (χ0v) is 45.1. The van der Waals surface area contributed by atoms with Gasteiger partial charge in [0.2, 0.25) is 0 Å². The average molecular weight is 1190 g/mol. The molecule has 72 heavy (non-hydrogen) atoms. The molecule has 4 heterocycles. The first kappa shape index (κ1) is 46.0. The van der Waals surface area contributed by atoms with Crippen LogP contribution in [0.2, 0.25) is 0 Å². The summed E-state index contributed by atoms with van der Waals surface area (Å²) in [6.07, 6.45) is 1.94. The first-order valence-corrected chi connectivity index (χ1v) is 29.1. The molecule has 13 rings (SSSR count). The Morgan fingerprint density at radius 1 is 0.597 bits per heavy atom. The van der Waals surface area contributed by atoms with Crippen molar-refractivity contribution >= 4 is 87.2 Å². The van der Waals surface area contributed by atoms with Crippen molar-refractivity contribution in [1.29, 1.82) is 0 Å². The van der Waals surface area contributed by atoms with Crippen molar-refractivity contribution in [2.45, 2.75) is 36.0 Å². The first-order valence-electron chi connectivity index (χ1n) is 24.0. The molecule has 2 aromatic heterocycles. The van der Waals surface area contributed by atoms with Gasteiger partial charge in [-0.3, -0.25) is 0 Å². The van der Waals surface area contributed by atoms with Crippen molar-refractivity contribution in [3.63, 3.8) is 0 Å². The molecule has 0 bridgehead atoms. The summed E-state index contributed by atoms with van der Waals surface area (Å²) in [5.74, 6) is 2.09. The molecule has 0 unspecified atom stereocenters. The molecule has 0 amide bonds. The predicted molar refractivity (Wildman–Crippen MR) is 297 cm³/mol. The van der Waals surface area contributed by atoms with Crippen molar-refractivity contribution in [2.75, 3.05) is 10.2 Å². The van der Waals surface area contributed by atoms with Gasteiger partial charge in [-0.25, -0.2) is 0 Å². The van der Waals surface area contributed by atoms with E-state index in [1.807, 2.05) is 42.2 Å². The number of nitrogens with one attached hydrogen (secondary N) is 1. The number of rotatable bonds is 9. The summed E-state index contributed by atoms with van der Waals surface area (Å²) in [4.78, 5) is 9.77. The zero-order chi connectivity index (χ0) is 47.8. The van der Waals surface area contributed by atoms with E-state index in [1.165, 1.54) is 43.7 Å². The van der Waals surface area contributed by atoms with E-state index in [-0.39, 0.29) is 26.5 Å². The van der Waals surface area contributed by atoms with Gasteiger partial charge >= 0.3 is 323 Å². The number of aromatic nitrogens is 2. The molecule has 2 aliphatic rings. The second kappa shape index (κ2) is 18.2. The fourth-order valence-electron chi connectivity index (χ4n) is 11.0. The molecule has 0 fully saturated rings. The van der Waals surface area contributed by atoms with E-state index in [4.69, 9.17) is 16.8 Å². The Labute approximate surface area is 442 Å². The number of nitrogens with zero attached hydrogens (tertiary/aromatic N) is 3. The second-order valence-corrected chi connectivity index (χ2v) is 28.1. The van der Waals surface area contributed by atoms with E-state index in [2.05, 4.69) is 230 Å². The minimum Gasteiger partial charge on any atom is -0.0622 e. The monoisotopic (exact) mass is 1190 g/mol. The molecular weight excluding hydrogens is 1140 g/mol. The quantitative estimate of drug-likeness (QED) is 0.115. The molecule has 352 valence electrons. The van der Waals surface area contributed by atoms with Gasteiger partial charge in [0.15, 0.2) is 0 Å². The Balaban J connectivity index is 0.00000530. The molecule has 5 nitrogen and oxygen atoms in total. The zero-order valence-electron chi connectivity index (χ0n) is 39.9. The Morgan fingerprint density at radius 2 is 1.21 bits per heavy atom. The van der Waals surface area contributed by atoms with Gasteiger partial charge in [-0.2, -0.15) is 0 Å². The number of anilines is 4. The SMILES string of the molecule is [CH2-]N(c1ccccc1Nc1[c-]c(Oc2[c-]c3c4[c](c2)[Ge]2([c]5ccccc5Sc5cccc[c]52)[c]2cccc(c24)n3-c2cc(C(C)(C)C)ccn2)ccc1)c1c(-c2ccccc2)cccc1-c1ccccc1.[Pt]. The summed E-state index contributed by atoms with van der Waals surface area (Å²) in [5.41, 5.74) is 11.2. The maximum atomic E-state index is 7.06. The fraction of sp³-hybridized carbons (Fsp3) is 0.0625. The first-order chi connectivity index (χ1) is 34.8. The van der Waals surface area contributed by atoms with Crippen LogP contribution in [0.1, 0.15) is 26.3 Å². The molecule has 0 aliphatic carbocycles. The van der Waals surface area contributed by atoms with E-state index in [0.29, 0.717) is 11.5 Å². The van der Waals surface area contributed by atoms with Crippen molar-refractivity contribution in [3.8, 4) is 39.6 Å². The number of ether oxygens (including phenoxy) is 1. The molecule has 9 aromatic carbocycles. The van der Waals surface area contributed by atoms with E-state index >= 15 is 0 Å². The smallest absolute Gasteiger partial charge is 0.0622 e. The molecule has 1 N–H and O–H groups in total. The summed E-state index contributed by atoms with van der Waals surface area (Å²) >= 11 is -1.78. The van der Waals surface area contributed by atoms with Crippen LogP contribution >= 0.6 is 11.8 Å². The van der Waals surface area contributed by atoms with Gasteiger partial charge in [-0.15, -0.1) is 0 Å². The molecule has 2 aliphatic heterocycles. The second-order valence-electron chi connectivity index (χ2n) is 19.3. The van der Waals surface area contributed by atoms with E-state index in [0.717, 1.165) is 61.9 Å². The van der Waals surface area contributed by atoms with Crippen molar-refractivity contribution in [3.05, 3.63) is 237 Å². The molecular formula is C64H47GeN4OPtS-3. The van der Waals surface area contributed by atoms with E-state index in [9.17, 15) is 0 Å². The normalized spacial score (nSPS) is 12.9. The summed E-state index contributed by atoms with van der Waals surface area (Å²) in [7, 11) is 4.74. The standard InChI is InChI=1S/C64H47GeN4OS.Pt/c1-64(2,3)44-36-37-66-60(38-44)69-56-33-19-30-52-61(56)62-53(65(52)50-28-11-15-34-58(50)71-59-35-16-12-29-51(59)65)40-47(41-57(62)69)70-46-25-17-24-45(39-46)67-54-31-13-14-32-55(54)68(4)63-48(42-20-7-5-8-21-42)26-18-27-49(63)43-22-9-6-10-23-43;/h5-38,40,67H,4H2,1-3H3;/q-3;. The molecule has 0 saturated heterocycles. The van der Waals surface area contributed by atoms with Crippen LogP contribution in [0.5, 0.6) is 11.5 Å². The molecule has 0 saturated carbocycles. The summed E-state index contributed by atoms with van der Waals surface area (Å²) in [5, 5.41) is 6.28.